The molecule has 1 heterocycles. The average Bonchev–Trinajstić information content (AvgIpc) is 2.95. The van der Waals surface area contributed by atoms with Crippen molar-refractivity contribution in [2.75, 3.05) is 0 Å². The number of rotatable bonds is 1. The third kappa shape index (κ3) is 2.03. The number of hydrogen-bond donors (Lipinski definition) is 0. The van der Waals surface area contributed by atoms with E-state index in [0.717, 1.165) is 5.56 Å². The molecule has 2 heteroatoms. The van der Waals surface area contributed by atoms with E-state index in [0.29, 0.717) is 0 Å². The number of benzene rings is 1. The first-order valence-electron chi connectivity index (χ1n) is 5.18. The molecular formula is C13H15NO. The first-order valence-corrected chi connectivity index (χ1v) is 5.18. The minimum atomic E-state index is -0.231. The minimum absolute atomic E-state index is 0.00372. The zero-order valence-electron chi connectivity index (χ0n) is 9.32. The lowest BCUT2D eigenvalue weighted by Crippen LogP contribution is -2.10. The summed E-state index contributed by atoms with van der Waals surface area (Å²) in [5.41, 5.74) is 2.59. The van der Waals surface area contributed by atoms with Crippen LogP contribution in [0.5, 0.6) is 0 Å². The van der Waals surface area contributed by atoms with E-state index in [2.05, 4.69) is 51.1 Å². The summed E-state index contributed by atoms with van der Waals surface area (Å²) >= 11 is 0. The highest BCUT2D eigenvalue weighted by Crippen LogP contribution is 2.38. The van der Waals surface area contributed by atoms with Crippen LogP contribution in [0, 0.1) is 11.3 Å². The maximum Gasteiger partial charge on any atom is 0.175 e. The summed E-state index contributed by atoms with van der Waals surface area (Å²) in [7, 11) is 0. The lowest BCUT2D eigenvalue weighted by molar-refractivity contribution is 0.396. The van der Waals surface area contributed by atoms with Gasteiger partial charge in [0.15, 0.2) is 6.10 Å². The van der Waals surface area contributed by atoms with Crippen LogP contribution in [0.3, 0.4) is 0 Å². The molecule has 2 rings (SSSR count). The second-order valence-corrected chi connectivity index (χ2v) is 4.98. The molecule has 0 saturated carbocycles. The second-order valence-electron chi connectivity index (χ2n) is 4.98. The zero-order chi connectivity index (χ0) is 11.1. The van der Waals surface area contributed by atoms with Crippen LogP contribution in [-0.2, 0) is 10.2 Å². The van der Waals surface area contributed by atoms with Crippen molar-refractivity contribution in [2.24, 2.45) is 0 Å². The molecule has 78 valence electrons. The Morgan fingerprint density at radius 1 is 1.20 bits per heavy atom. The van der Waals surface area contributed by atoms with Crippen LogP contribution in [0.1, 0.15) is 38.0 Å². The van der Waals surface area contributed by atoms with Gasteiger partial charge in [0.05, 0.1) is 6.07 Å². The minimum Gasteiger partial charge on any atom is -0.348 e. The van der Waals surface area contributed by atoms with E-state index in [1.165, 1.54) is 5.56 Å². The molecule has 1 aromatic rings. The maximum absolute atomic E-state index is 8.65. The van der Waals surface area contributed by atoms with Crippen molar-refractivity contribution < 1.29 is 4.74 Å². The number of epoxide rings is 1. The van der Waals surface area contributed by atoms with E-state index in [1.54, 1.807) is 0 Å². The predicted octanol–water partition coefficient (Wildman–Crippen LogP) is 2.95. The van der Waals surface area contributed by atoms with E-state index in [-0.39, 0.29) is 17.6 Å². The highest BCUT2D eigenvalue weighted by atomic mass is 16.6. The van der Waals surface area contributed by atoms with Gasteiger partial charge in [-0.1, -0.05) is 45.0 Å². The molecule has 0 unspecified atom stereocenters. The molecule has 1 aliphatic rings. The maximum atomic E-state index is 8.65. The third-order valence-electron chi connectivity index (χ3n) is 2.72. The Bertz CT molecular complexity index is 394. The summed E-state index contributed by atoms with van der Waals surface area (Å²) in [5, 5.41) is 8.65. The van der Waals surface area contributed by atoms with E-state index < -0.39 is 0 Å². The Balaban J connectivity index is 2.16. The Labute approximate surface area is 90.5 Å². The number of hydrogen-bond acceptors (Lipinski definition) is 2. The van der Waals surface area contributed by atoms with Crippen LogP contribution in [-0.4, -0.2) is 6.10 Å². The van der Waals surface area contributed by atoms with Crippen molar-refractivity contribution in [3.05, 3.63) is 35.4 Å². The van der Waals surface area contributed by atoms with Crippen LogP contribution < -0.4 is 0 Å². The van der Waals surface area contributed by atoms with Crippen molar-refractivity contribution in [3.63, 3.8) is 0 Å². The molecule has 2 nitrogen and oxygen atoms in total. The standard InChI is InChI=1S/C13H15NO/c1-13(2,3)10-6-4-9(5-7-10)12-11(8-14)15-12/h4-7,11-12H,1-3H3/t11-,12+/m0/s1. The van der Waals surface area contributed by atoms with Crippen molar-refractivity contribution >= 4 is 0 Å². The van der Waals surface area contributed by atoms with Crippen LogP contribution >= 0.6 is 0 Å². The van der Waals surface area contributed by atoms with Crippen molar-refractivity contribution in [3.8, 4) is 6.07 Å². The second kappa shape index (κ2) is 3.36. The molecule has 1 fully saturated rings. The van der Waals surface area contributed by atoms with E-state index >= 15 is 0 Å². The Morgan fingerprint density at radius 2 is 1.80 bits per heavy atom. The summed E-state index contributed by atoms with van der Waals surface area (Å²) < 4.78 is 5.22. The molecular weight excluding hydrogens is 186 g/mol. The lowest BCUT2D eigenvalue weighted by Gasteiger charge is -2.18. The first kappa shape index (κ1) is 10.2. The molecule has 0 amide bonds. The zero-order valence-corrected chi connectivity index (χ0v) is 9.32. The molecule has 1 saturated heterocycles. The van der Waals surface area contributed by atoms with Crippen LogP contribution in [0.25, 0.3) is 0 Å². The Hall–Kier alpha value is -1.33. The van der Waals surface area contributed by atoms with Crippen LogP contribution in [0.2, 0.25) is 0 Å². The van der Waals surface area contributed by atoms with E-state index in [4.69, 9.17) is 10.00 Å². The van der Waals surface area contributed by atoms with Gasteiger partial charge < -0.3 is 4.74 Å². The van der Waals surface area contributed by atoms with E-state index in [9.17, 15) is 0 Å². The largest absolute Gasteiger partial charge is 0.348 e. The van der Waals surface area contributed by atoms with Gasteiger partial charge in [0.2, 0.25) is 0 Å². The summed E-state index contributed by atoms with van der Waals surface area (Å²) in [5.74, 6) is 0. The van der Waals surface area contributed by atoms with Gasteiger partial charge >= 0.3 is 0 Å². The fraction of sp³-hybridized carbons (Fsp3) is 0.462. The molecule has 2 atom stereocenters. The first-order chi connectivity index (χ1) is 7.02. The van der Waals surface area contributed by atoms with Crippen LogP contribution in [0.15, 0.2) is 24.3 Å². The summed E-state index contributed by atoms with van der Waals surface area (Å²) in [6, 6.07) is 10.5. The predicted molar refractivity (Wildman–Crippen MR) is 58.4 cm³/mol. The van der Waals surface area contributed by atoms with Gasteiger partial charge in [-0.15, -0.1) is 0 Å². The van der Waals surface area contributed by atoms with Gasteiger partial charge in [0, 0.05) is 0 Å². The van der Waals surface area contributed by atoms with Gasteiger partial charge in [-0.05, 0) is 16.5 Å². The van der Waals surface area contributed by atoms with Crippen molar-refractivity contribution in [1.29, 1.82) is 5.26 Å². The molecule has 0 aliphatic carbocycles. The molecule has 0 radical (unpaired) electrons. The van der Waals surface area contributed by atoms with Gasteiger partial charge in [0.1, 0.15) is 6.10 Å². The van der Waals surface area contributed by atoms with Gasteiger partial charge in [-0.25, -0.2) is 0 Å². The number of ether oxygens (including phenoxy) is 1. The molecule has 0 aromatic heterocycles. The molecule has 0 bridgehead atoms. The highest BCUT2D eigenvalue weighted by molar-refractivity contribution is 5.32. The highest BCUT2D eigenvalue weighted by Gasteiger charge is 2.40. The molecule has 0 spiro atoms. The monoisotopic (exact) mass is 201 g/mol. The Kier molecular flexibility index (Phi) is 2.28. The van der Waals surface area contributed by atoms with E-state index in [1.807, 2.05) is 0 Å². The van der Waals surface area contributed by atoms with Crippen molar-refractivity contribution in [2.45, 2.75) is 38.4 Å². The topological polar surface area (TPSA) is 36.3 Å². The summed E-state index contributed by atoms with van der Waals surface area (Å²) in [4.78, 5) is 0. The molecule has 0 N–H and O–H groups in total. The fourth-order valence-electron chi connectivity index (χ4n) is 1.64. The summed E-state index contributed by atoms with van der Waals surface area (Å²) in [6.07, 6.45) is -0.227. The molecule has 1 aliphatic heterocycles. The smallest absolute Gasteiger partial charge is 0.175 e. The fourth-order valence-corrected chi connectivity index (χ4v) is 1.64. The third-order valence-corrected chi connectivity index (χ3v) is 2.72. The van der Waals surface area contributed by atoms with Gasteiger partial charge in [0.25, 0.3) is 0 Å². The Morgan fingerprint density at radius 3 is 2.20 bits per heavy atom. The van der Waals surface area contributed by atoms with Crippen LogP contribution in [0.4, 0.5) is 0 Å². The normalized spacial score (nSPS) is 24.7. The van der Waals surface area contributed by atoms with Gasteiger partial charge in [-0.2, -0.15) is 5.26 Å². The number of nitriles is 1. The number of nitrogens with zero attached hydrogens (tertiary/aromatic N) is 1. The molecule has 1 aromatic carbocycles. The quantitative estimate of drug-likeness (QED) is 0.655. The van der Waals surface area contributed by atoms with Crippen molar-refractivity contribution in [1.82, 2.24) is 0 Å². The lowest BCUT2D eigenvalue weighted by atomic mass is 9.86. The average molecular weight is 201 g/mol. The van der Waals surface area contributed by atoms with Gasteiger partial charge in [-0.3, -0.25) is 0 Å². The SMILES string of the molecule is CC(C)(C)c1ccc([C@H]2O[C@H]2C#N)cc1. The summed E-state index contributed by atoms with van der Waals surface area (Å²) in [6.45, 7) is 6.56. The molecule has 15 heavy (non-hydrogen) atoms.